The second-order valence-electron chi connectivity index (χ2n) is 4.79. The third kappa shape index (κ3) is 3.44. The molecule has 20 heavy (non-hydrogen) atoms. The van der Waals surface area contributed by atoms with Crippen molar-refractivity contribution in [3.05, 3.63) is 64.4 Å². The van der Waals surface area contributed by atoms with Crippen LogP contribution in [0.4, 0.5) is 10.1 Å². The summed E-state index contributed by atoms with van der Waals surface area (Å²) in [5.74, 6) is 0.0294. The Morgan fingerprint density at radius 1 is 1.15 bits per heavy atom. The van der Waals surface area contributed by atoms with Gasteiger partial charge in [0.15, 0.2) is 0 Å². The van der Waals surface area contributed by atoms with E-state index in [0.717, 1.165) is 16.8 Å². The van der Waals surface area contributed by atoms with Crippen LogP contribution in [0.3, 0.4) is 0 Å². The van der Waals surface area contributed by atoms with Crippen LogP contribution in [-0.4, -0.2) is 7.05 Å². The first-order valence-corrected chi connectivity index (χ1v) is 7.26. The monoisotopic (exact) mass is 311 g/mol. The molecule has 0 aromatic heterocycles. The number of benzene rings is 2. The van der Waals surface area contributed by atoms with Crippen molar-refractivity contribution in [2.45, 2.75) is 18.8 Å². The first kappa shape index (κ1) is 15.1. The number of nitrogens with zero attached hydrogens (tertiary/aromatic N) is 1. The van der Waals surface area contributed by atoms with Gasteiger partial charge in [0.25, 0.3) is 0 Å². The van der Waals surface area contributed by atoms with Crippen molar-refractivity contribution in [2.24, 2.45) is 0 Å². The van der Waals surface area contributed by atoms with E-state index in [-0.39, 0.29) is 11.9 Å². The molecule has 0 saturated carbocycles. The van der Waals surface area contributed by atoms with Gasteiger partial charge in [-0.25, -0.2) is 4.39 Å². The molecule has 0 aliphatic carbocycles. The second-order valence-corrected chi connectivity index (χ2v) is 5.49. The lowest BCUT2D eigenvalue weighted by Crippen LogP contribution is -2.21. The average Bonchev–Trinajstić information content (AvgIpc) is 2.45. The molecule has 0 radical (unpaired) electrons. The van der Waals surface area contributed by atoms with Gasteiger partial charge in [0.05, 0.1) is 6.04 Å². The Bertz CT molecular complexity index is 584. The molecule has 1 nitrogen and oxygen atoms in total. The van der Waals surface area contributed by atoms with E-state index < -0.39 is 0 Å². The molecule has 0 heterocycles. The van der Waals surface area contributed by atoms with Crippen molar-refractivity contribution >= 4 is 28.9 Å². The van der Waals surface area contributed by atoms with E-state index in [1.54, 1.807) is 0 Å². The highest BCUT2D eigenvalue weighted by molar-refractivity contribution is 6.30. The van der Waals surface area contributed by atoms with Crippen LogP contribution in [0.25, 0.3) is 0 Å². The van der Waals surface area contributed by atoms with Crippen molar-refractivity contribution in [3.63, 3.8) is 0 Å². The second kappa shape index (κ2) is 6.47. The van der Waals surface area contributed by atoms with Gasteiger partial charge < -0.3 is 4.90 Å². The van der Waals surface area contributed by atoms with E-state index in [2.05, 4.69) is 6.92 Å². The number of halogens is 3. The minimum atomic E-state index is -0.270. The lowest BCUT2D eigenvalue weighted by molar-refractivity contribution is 0.624. The lowest BCUT2D eigenvalue weighted by atomic mass is 10.1. The minimum absolute atomic E-state index is 0.109. The smallest absolute Gasteiger partial charge is 0.125 e. The molecule has 0 saturated heterocycles. The Labute approximate surface area is 128 Å². The first-order chi connectivity index (χ1) is 9.51. The molecule has 4 heteroatoms. The van der Waals surface area contributed by atoms with Crippen molar-refractivity contribution < 1.29 is 4.39 Å². The summed E-state index contributed by atoms with van der Waals surface area (Å²) in [4.78, 5) is 2.02. The number of hydrogen-bond acceptors (Lipinski definition) is 1. The van der Waals surface area contributed by atoms with Crippen LogP contribution in [0.1, 0.15) is 24.1 Å². The quantitative estimate of drug-likeness (QED) is 0.682. The Hall–Kier alpha value is -1.25. The first-order valence-electron chi connectivity index (χ1n) is 6.35. The normalized spacial score (nSPS) is 12.2. The molecule has 0 aliphatic heterocycles. The summed E-state index contributed by atoms with van der Waals surface area (Å²) >= 11 is 11.7. The van der Waals surface area contributed by atoms with Crippen LogP contribution >= 0.6 is 23.2 Å². The summed E-state index contributed by atoms with van der Waals surface area (Å²) < 4.78 is 13.6. The van der Waals surface area contributed by atoms with Crippen molar-refractivity contribution in [1.82, 2.24) is 0 Å². The van der Waals surface area contributed by atoms with Gasteiger partial charge >= 0.3 is 0 Å². The maximum Gasteiger partial charge on any atom is 0.125 e. The van der Waals surface area contributed by atoms with Gasteiger partial charge in [0.2, 0.25) is 0 Å². The minimum Gasteiger partial charge on any atom is -0.368 e. The van der Waals surface area contributed by atoms with E-state index in [1.165, 1.54) is 12.1 Å². The predicted octanol–water partition coefficient (Wildman–Crippen LogP) is 5.42. The molecule has 1 atom stereocenters. The van der Waals surface area contributed by atoms with Crippen LogP contribution in [0.5, 0.6) is 0 Å². The molecule has 0 aliphatic rings. The van der Waals surface area contributed by atoms with Crippen LogP contribution in [0.15, 0.2) is 42.5 Å². The zero-order chi connectivity index (χ0) is 14.7. The summed E-state index contributed by atoms with van der Waals surface area (Å²) in [5, 5.41) is 0.707. The Morgan fingerprint density at radius 2 is 1.80 bits per heavy atom. The summed E-state index contributed by atoms with van der Waals surface area (Å²) in [6.45, 7) is 2.06. The van der Waals surface area contributed by atoms with Gasteiger partial charge in [-0.3, -0.25) is 0 Å². The molecular weight excluding hydrogens is 296 g/mol. The highest BCUT2D eigenvalue weighted by Gasteiger charge is 2.13. The fraction of sp³-hybridized carbons (Fsp3) is 0.250. The zero-order valence-electron chi connectivity index (χ0n) is 11.4. The lowest BCUT2D eigenvalue weighted by Gasteiger charge is -2.28. The van der Waals surface area contributed by atoms with E-state index >= 15 is 0 Å². The summed E-state index contributed by atoms with van der Waals surface area (Å²) in [6.07, 6.45) is 0. The predicted molar refractivity (Wildman–Crippen MR) is 84.2 cm³/mol. The zero-order valence-corrected chi connectivity index (χ0v) is 12.9. The molecule has 2 rings (SSSR count). The van der Waals surface area contributed by atoms with Crippen LogP contribution in [-0.2, 0) is 5.88 Å². The third-order valence-electron chi connectivity index (χ3n) is 3.44. The molecule has 1 unspecified atom stereocenters. The van der Waals surface area contributed by atoms with Crippen LogP contribution in [0, 0.1) is 5.82 Å². The fourth-order valence-corrected chi connectivity index (χ4v) is 2.38. The van der Waals surface area contributed by atoms with E-state index in [9.17, 15) is 4.39 Å². The molecule has 106 valence electrons. The van der Waals surface area contributed by atoms with Crippen molar-refractivity contribution in [2.75, 3.05) is 11.9 Å². The Balaban J connectivity index is 2.28. The molecule has 0 amide bonds. The van der Waals surface area contributed by atoms with Gasteiger partial charge in [-0.2, -0.15) is 0 Å². The van der Waals surface area contributed by atoms with Crippen LogP contribution < -0.4 is 4.90 Å². The summed E-state index contributed by atoms with van der Waals surface area (Å²) in [7, 11) is 1.94. The van der Waals surface area contributed by atoms with E-state index in [0.29, 0.717) is 10.9 Å². The molecule has 0 bridgehead atoms. The molecular formula is C16H16Cl2FN. The Morgan fingerprint density at radius 3 is 2.40 bits per heavy atom. The van der Waals surface area contributed by atoms with Crippen molar-refractivity contribution in [1.29, 1.82) is 0 Å². The maximum atomic E-state index is 13.6. The average molecular weight is 312 g/mol. The van der Waals surface area contributed by atoms with Gasteiger partial charge in [0, 0.05) is 23.6 Å². The SMILES string of the molecule is CC(c1ccc(Cl)cc1)N(C)c1cc(F)cc(CCl)c1. The third-order valence-corrected chi connectivity index (χ3v) is 4.00. The maximum absolute atomic E-state index is 13.6. The van der Waals surface area contributed by atoms with Gasteiger partial charge in [-0.1, -0.05) is 23.7 Å². The fourth-order valence-electron chi connectivity index (χ4n) is 2.10. The van der Waals surface area contributed by atoms with Gasteiger partial charge in [0.1, 0.15) is 5.82 Å². The molecule has 2 aromatic carbocycles. The van der Waals surface area contributed by atoms with Gasteiger partial charge in [-0.15, -0.1) is 11.6 Å². The largest absolute Gasteiger partial charge is 0.368 e. The number of anilines is 1. The summed E-state index contributed by atoms with van der Waals surface area (Å²) in [6, 6.07) is 12.7. The Kier molecular flexibility index (Phi) is 4.90. The number of rotatable bonds is 4. The molecule has 0 N–H and O–H groups in total. The number of hydrogen-bond donors (Lipinski definition) is 0. The molecule has 2 aromatic rings. The molecule has 0 spiro atoms. The topological polar surface area (TPSA) is 3.24 Å². The summed E-state index contributed by atoms with van der Waals surface area (Å²) in [5.41, 5.74) is 2.70. The molecule has 0 fully saturated rings. The highest BCUT2D eigenvalue weighted by Crippen LogP contribution is 2.28. The number of alkyl halides is 1. The van der Waals surface area contributed by atoms with E-state index in [4.69, 9.17) is 23.2 Å². The van der Waals surface area contributed by atoms with Crippen LogP contribution in [0.2, 0.25) is 5.02 Å². The standard InChI is InChI=1S/C16H16Cl2FN/c1-11(13-3-5-14(18)6-4-13)20(2)16-8-12(10-17)7-15(19)9-16/h3-9,11H,10H2,1-2H3. The van der Waals surface area contributed by atoms with Crippen molar-refractivity contribution in [3.8, 4) is 0 Å². The highest BCUT2D eigenvalue weighted by atomic mass is 35.5. The van der Waals surface area contributed by atoms with E-state index in [1.807, 2.05) is 42.3 Å². The van der Waals surface area contributed by atoms with Gasteiger partial charge in [-0.05, 0) is 48.4 Å².